The highest BCUT2D eigenvalue weighted by atomic mass is 35.5. The number of hydrogen-bond donors (Lipinski definition) is 0. The zero-order valence-electron chi connectivity index (χ0n) is 9.11. The predicted molar refractivity (Wildman–Crippen MR) is 69.1 cm³/mol. The van der Waals surface area contributed by atoms with Crippen LogP contribution in [0.5, 0.6) is 5.75 Å². The Balaban J connectivity index is 2.30. The molecular formula is C14H13ClO. The van der Waals surface area contributed by atoms with Crippen LogP contribution in [0.2, 0.25) is 0 Å². The normalized spacial score (nSPS) is 11.8. The molecule has 2 rings (SSSR count). The molecule has 0 heterocycles. The van der Waals surface area contributed by atoms with Gasteiger partial charge in [0.15, 0.2) is 0 Å². The molecule has 0 aliphatic carbocycles. The third kappa shape index (κ3) is 2.37. The number of halogens is 1. The fraction of sp³-hybridized carbons (Fsp3) is 0.143. The Labute approximate surface area is 100 Å². The van der Waals surface area contributed by atoms with Crippen LogP contribution in [0, 0.1) is 0 Å². The van der Waals surface area contributed by atoms with E-state index in [1.165, 1.54) is 5.39 Å². The Morgan fingerprint density at radius 3 is 2.75 bits per heavy atom. The number of benzene rings is 2. The number of fused-ring (bicyclic) bond motifs is 1. The molecule has 0 unspecified atom stereocenters. The van der Waals surface area contributed by atoms with E-state index < -0.39 is 0 Å². The van der Waals surface area contributed by atoms with Gasteiger partial charge in [0, 0.05) is 10.9 Å². The lowest BCUT2D eigenvalue weighted by Gasteiger charge is -2.08. The van der Waals surface area contributed by atoms with Gasteiger partial charge in [-0.3, -0.25) is 0 Å². The van der Waals surface area contributed by atoms with Crippen LogP contribution in [0.4, 0.5) is 0 Å². The average molecular weight is 233 g/mol. The van der Waals surface area contributed by atoms with Crippen molar-refractivity contribution in [3.63, 3.8) is 0 Å². The SMILES string of the molecule is C/C(=C/Cl)COc1cccc2ccccc12. The fourth-order valence-corrected chi connectivity index (χ4v) is 1.61. The van der Waals surface area contributed by atoms with Crippen molar-refractivity contribution < 1.29 is 4.74 Å². The second-order valence-corrected chi connectivity index (χ2v) is 3.94. The molecule has 0 aromatic heterocycles. The quantitative estimate of drug-likeness (QED) is 0.764. The van der Waals surface area contributed by atoms with Gasteiger partial charge in [-0.1, -0.05) is 48.0 Å². The first-order valence-corrected chi connectivity index (χ1v) is 5.61. The number of hydrogen-bond acceptors (Lipinski definition) is 1. The molecule has 16 heavy (non-hydrogen) atoms. The van der Waals surface area contributed by atoms with Crippen molar-refractivity contribution in [2.75, 3.05) is 6.61 Å². The van der Waals surface area contributed by atoms with Crippen LogP contribution in [0.1, 0.15) is 6.92 Å². The highest BCUT2D eigenvalue weighted by molar-refractivity contribution is 6.25. The maximum Gasteiger partial charge on any atom is 0.127 e. The van der Waals surface area contributed by atoms with Gasteiger partial charge in [-0.2, -0.15) is 0 Å². The van der Waals surface area contributed by atoms with Crippen molar-refractivity contribution in [2.24, 2.45) is 0 Å². The molecule has 0 saturated carbocycles. The van der Waals surface area contributed by atoms with Crippen molar-refractivity contribution in [3.8, 4) is 5.75 Å². The van der Waals surface area contributed by atoms with Gasteiger partial charge < -0.3 is 4.74 Å². The molecule has 0 fully saturated rings. The smallest absolute Gasteiger partial charge is 0.127 e. The molecule has 0 aliphatic rings. The maximum absolute atomic E-state index is 5.72. The molecule has 0 aliphatic heterocycles. The standard InChI is InChI=1S/C14H13ClO/c1-11(9-15)10-16-14-8-4-6-12-5-2-3-7-13(12)14/h2-9H,10H2,1H3/b11-9-. The summed E-state index contributed by atoms with van der Waals surface area (Å²) in [5, 5.41) is 2.32. The van der Waals surface area contributed by atoms with E-state index in [9.17, 15) is 0 Å². The van der Waals surface area contributed by atoms with E-state index in [0.29, 0.717) is 6.61 Å². The molecule has 2 heteroatoms. The molecule has 82 valence electrons. The van der Waals surface area contributed by atoms with E-state index in [0.717, 1.165) is 16.7 Å². The van der Waals surface area contributed by atoms with Crippen LogP contribution < -0.4 is 4.74 Å². The van der Waals surface area contributed by atoms with E-state index in [4.69, 9.17) is 16.3 Å². The molecule has 1 nitrogen and oxygen atoms in total. The van der Waals surface area contributed by atoms with E-state index >= 15 is 0 Å². The summed E-state index contributed by atoms with van der Waals surface area (Å²) in [6.07, 6.45) is 0. The topological polar surface area (TPSA) is 9.23 Å². The summed E-state index contributed by atoms with van der Waals surface area (Å²) in [6, 6.07) is 14.2. The van der Waals surface area contributed by atoms with Crippen LogP contribution in [0.25, 0.3) is 10.8 Å². The lowest BCUT2D eigenvalue weighted by Crippen LogP contribution is -1.98. The van der Waals surface area contributed by atoms with Crippen molar-refractivity contribution in [2.45, 2.75) is 6.92 Å². The first-order valence-electron chi connectivity index (χ1n) is 5.17. The molecule has 2 aromatic rings. The van der Waals surface area contributed by atoms with E-state index in [1.54, 1.807) is 5.54 Å². The van der Waals surface area contributed by atoms with Gasteiger partial charge in [0.25, 0.3) is 0 Å². The first kappa shape index (κ1) is 11.0. The minimum absolute atomic E-state index is 0.525. The second-order valence-electron chi connectivity index (χ2n) is 3.72. The minimum atomic E-state index is 0.525. The van der Waals surface area contributed by atoms with Gasteiger partial charge in [-0.05, 0) is 23.9 Å². The Bertz CT molecular complexity index is 512. The molecule has 0 saturated heterocycles. The van der Waals surface area contributed by atoms with Gasteiger partial charge in [-0.25, -0.2) is 0 Å². The van der Waals surface area contributed by atoms with Gasteiger partial charge in [-0.15, -0.1) is 0 Å². The van der Waals surface area contributed by atoms with Crippen LogP contribution in [0.15, 0.2) is 53.6 Å². The number of rotatable bonds is 3. The van der Waals surface area contributed by atoms with Gasteiger partial charge in [0.2, 0.25) is 0 Å². The molecule has 0 spiro atoms. The molecule has 0 radical (unpaired) electrons. The van der Waals surface area contributed by atoms with Crippen LogP contribution >= 0.6 is 11.6 Å². The highest BCUT2D eigenvalue weighted by Gasteiger charge is 2.00. The third-order valence-electron chi connectivity index (χ3n) is 2.39. The van der Waals surface area contributed by atoms with Crippen molar-refractivity contribution in [1.82, 2.24) is 0 Å². The largest absolute Gasteiger partial charge is 0.489 e. The zero-order chi connectivity index (χ0) is 11.4. The van der Waals surface area contributed by atoms with E-state index in [-0.39, 0.29) is 0 Å². The summed E-state index contributed by atoms with van der Waals surface area (Å²) in [7, 11) is 0. The summed E-state index contributed by atoms with van der Waals surface area (Å²) in [6.45, 7) is 2.47. The summed E-state index contributed by atoms with van der Waals surface area (Å²) in [5.41, 5.74) is 2.56. The fourth-order valence-electron chi connectivity index (χ4n) is 1.54. The lowest BCUT2D eigenvalue weighted by molar-refractivity contribution is 0.356. The summed E-state index contributed by atoms with van der Waals surface area (Å²) < 4.78 is 5.72. The predicted octanol–water partition coefficient (Wildman–Crippen LogP) is 4.36. The lowest BCUT2D eigenvalue weighted by atomic mass is 10.1. The molecule has 2 aromatic carbocycles. The monoisotopic (exact) mass is 232 g/mol. The van der Waals surface area contributed by atoms with Crippen LogP contribution in [0.3, 0.4) is 0 Å². The van der Waals surface area contributed by atoms with Gasteiger partial charge >= 0.3 is 0 Å². The highest BCUT2D eigenvalue weighted by Crippen LogP contribution is 2.25. The Morgan fingerprint density at radius 1 is 1.19 bits per heavy atom. The zero-order valence-corrected chi connectivity index (χ0v) is 9.87. The molecule has 0 N–H and O–H groups in total. The second kappa shape index (κ2) is 5.04. The summed E-state index contributed by atoms with van der Waals surface area (Å²) in [4.78, 5) is 0. The van der Waals surface area contributed by atoms with E-state index in [2.05, 4.69) is 18.2 Å². The van der Waals surface area contributed by atoms with Crippen LogP contribution in [-0.2, 0) is 0 Å². The molecular weight excluding hydrogens is 220 g/mol. The average Bonchev–Trinajstić information content (AvgIpc) is 2.35. The van der Waals surface area contributed by atoms with Gasteiger partial charge in [0.1, 0.15) is 12.4 Å². The minimum Gasteiger partial charge on any atom is -0.489 e. The van der Waals surface area contributed by atoms with Crippen molar-refractivity contribution >= 4 is 22.4 Å². The summed E-state index contributed by atoms with van der Waals surface area (Å²) in [5.74, 6) is 0.899. The Hall–Kier alpha value is -1.47. The molecule has 0 amide bonds. The Kier molecular flexibility index (Phi) is 3.47. The van der Waals surface area contributed by atoms with Gasteiger partial charge in [0.05, 0.1) is 0 Å². The maximum atomic E-state index is 5.72. The van der Waals surface area contributed by atoms with E-state index in [1.807, 2.05) is 31.2 Å². The first-order chi connectivity index (χ1) is 7.81. The number of ether oxygens (including phenoxy) is 1. The van der Waals surface area contributed by atoms with Crippen molar-refractivity contribution in [3.05, 3.63) is 53.6 Å². The molecule has 0 atom stereocenters. The third-order valence-corrected chi connectivity index (χ3v) is 2.76. The van der Waals surface area contributed by atoms with Crippen LogP contribution in [-0.4, -0.2) is 6.61 Å². The summed E-state index contributed by atoms with van der Waals surface area (Å²) >= 11 is 5.59. The van der Waals surface area contributed by atoms with Crippen molar-refractivity contribution in [1.29, 1.82) is 0 Å². The molecule has 0 bridgehead atoms. The Morgan fingerprint density at radius 2 is 1.94 bits per heavy atom.